The van der Waals surface area contributed by atoms with E-state index < -0.39 is 0 Å². The topological polar surface area (TPSA) is 40.5 Å². The molecule has 0 saturated heterocycles. The maximum atomic E-state index is 12.5. The zero-order valence-electron chi connectivity index (χ0n) is 12.4. The Hall–Kier alpha value is -1.51. The van der Waals surface area contributed by atoms with E-state index in [1.54, 1.807) is 17.0 Å². The van der Waals surface area contributed by atoms with Crippen molar-refractivity contribution >= 4 is 5.91 Å². The number of hydrogen-bond donors (Lipinski definition) is 1. The largest absolute Gasteiger partial charge is 0.508 e. The molecule has 1 aromatic carbocycles. The van der Waals surface area contributed by atoms with Crippen LogP contribution in [0.4, 0.5) is 0 Å². The van der Waals surface area contributed by atoms with Crippen LogP contribution in [0.2, 0.25) is 0 Å². The maximum absolute atomic E-state index is 12.5. The van der Waals surface area contributed by atoms with Crippen LogP contribution in [0.3, 0.4) is 0 Å². The lowest BCUT2D eigenvalue weighted by molar-refractivity contribution is -0.133. The lowest BCUT2D eigenvalue weighted by Gasteiger charge is -2.18. The van der Waals surface area contributed by atoms with Crippen LogP contribution < -0.4 is 0 Å². The number of phenols is 1. The third-order valence-electron chi connectivity index (χ3n) is 5.00. The molecule has 1 fully saturated rings. The summed E-state index contributed by atoms with van der Waals surface area (Å²) in [6, 6.07) is 7.00. The highest BCUT2D eigenvalue weighted by Crippen LogP contribution is 2.68. The van der Waals surface area contributed by atoms with Crippen molar-refractivity contribution in [3.8, 4) is 5.75 Å². The summed E-state index contributed by atoms with van der Waals surface area (Å²) in [5.41, 5.74) is 1.19. The van der Waals surface area contributed by atoms with Crippen LogP contribution in [0, 0.1) is 16.7 Å². The molecule has 0 spiro atoms. The van der Waals surface area contributed by atoms with Crippen LogP contribution in [-0.2, 0) is 11.3 Å². The Morgan fingerprint density at radius 2 is 1.63 bits per heavy atom. The molecule has 0 bridgehead atoms. The first kappa shape index (κ1) is 13.9. The van der Waals surface area contributed by atoms with Gasteiger partial charge in [0, 0.05) is 19.5 Å². The van der Waals surface area contributed by atoms with Gasteiger partial charge in [0.05, 0.1) is 0 Å². The first-order valence-corrected chi connectivity index (χ1v) is 6.71. The molecule has 0 atom stereocenters. The van der Waals surface area contributed by atoms with Gasteiger partial charge in [0.2, 0.25) is 5.91 Å². The molecular weight excluding hydrogens is 238 g/mol. The van der Waals surface area contributed by atoms with E-state index in [2.05, 4.69) is 27.7 Å². The molecule has 0 radical (unpaired) electrons. The Balaban J connectivity index is 2.04. The van der Waals surface area contributed by atoms with Gasteiger partial charge < -0.3 is 10.0 Å². The molecule has 2 rings (SSSR count). The summed E-state index contributed by atoms with van der Waals surface area (Å²) in [6.07, 6.45) is 0. The maximum Gasteiger partial charge on any atom is 0.226 e. The van der Waals surface area contributed by atoms with Gasteiger partial charge in [-0.2, -0.15) is 0 Å². The molecule has 0 aromatic heterocycles. The number of rotatable bonds is 3. The van der Waals surface area contributed by atoms with Gasteiger partial charge in [0.15, 0.2) is 0 Å². The molecule has 19 heavy (non-hydrogen) atoms. The summed E-state index contributed by atoms with van der Waals surface area (Å²) >= 11 is 0. The van der Waals surface area contributed by atoms with E-state index in [0.717, 1.165) is 5.56 Å². The van der Waals surface area contributed by atoms with Gasteiger partial charge in [-0.05, 0) is 28.5 Å². The zero-order valence-corrected chi connectivity index (χ0v) is 12.4. The van der Waals surface area contributed by atoms with Crippen molar-refractivity contribution in [1.82, 2.24) is 4.90 Å². The first-order valence-electron chi connectivity index (χ1n) is 6.71. The standard InChI is InChI=1S/C16H23NO2/c1-15(2)13(16(15,3)4)14(19)17(5)10-11-6-8-12(18)9-7-11/h6-9,13,18H,10H2,1-5H3. The first-order chi connectivity index (χ1) is 8.68. The fourth-order valence-electron chi connectivity index (χ4n) is 2.99. The van der Waals surface area contributed by atoms with Crippen LogP contribution in [0.5, 0.6) is 5.75 Å². The van der Waals surface area contributed by atoms with Crippen molar-refractivity contribution in [2.45, 2.75) is 34.2 Å². The van der Waals surface area contributed by atoms with E-state index in [4.69, 9.17) is 0 Å². The van der Waals surface area contributed by atoms with Gasteiger partial charge in [-0.1, -0.05) is 39.8 Å². The summed E-state index contributed by atoms with van der Waals surface area (Å²) < 4.78 is 0. The van der Waals surface area contributed by atoms with Gasteiger partial charge in [-0.15, -0.1) is 0 Å². The molecule has 1 aliphatic carbocycles. The lowest BCUT2D eigenvalue weighted by atomic mass is 10.0. The third kappa shape index (κ3) is 2.22. The molecule has 3 heteroatoms. The molecule has 3 nitrogen and oxygen atoms in total. The van der Waals surface area contributed by atoms with E-state index in [1.165, 1.54) is 0 Å². The number of carbonyl (C=O) groups excluding carboxylic acids is 1. The summed E-state index contributed by atoms with van der Waals surface area (Å²) in [6.45, 7) is 9.21. The average molecular weight is 261 g/mol. The second-order valence-electron chi connectivity index (χ2n) is 6.74. The molecule has 1 saturated carbocycles. The van der Waals surface area contributed by atoms with Gasteiger partial charge >= 0.3 is 0 Å². The molecule has 104 valence electrons. The number of hydrogen-bond acceptors (Lipinski definition) is 2. The normalized spacial score (nSPS) is 20.1. The van der Waals surface area contributed by atoms with Crippen molar-refractivity contribution in [2.24, 2.45) is 16.7 Å². The van der Waals surface area contributed by atoms with E-state index in [0.29, 0.717) is 6.54 Å². The Morgan fingerprint density at radius 3 is 2.05 bits per heavy atom. The minimum absolute atomic E-state index is 0.0767. The van der Waals surface area contributed by atoms with Crippen LogP contribution in [0.25, 0.3) is 0 Å². The number of aromatic hydroxyl groups is 1. The monoisotopic (exact) mass is 261 g/mol. The molecule has 1 aliphatic rings. The van der Waals surface area contributed by atoms with Crippen LogP contribution in [0.1, 0.15) is 33.3 Å². The molecule has 0 unspecified atom stereocenters. The van der Waals surface area contributed by atoms with Crippen LogP contribution in [-0.4, -0.2) is 23.0 Å². The van der Waals surface area contributed by atoms with E-state index in [9.17, 15) is 9.90 Å². The van der Waals surface area contributed by atoms with Crippen molar-refractivity contribution in [3.05, 3.63) is 29.8 Å². The number of amides is 1. The van der Waals surface area contributed by atoms with Crippen molar-refractivity contribution < 1.29 is 9.90 Å². The summed E-state index contributed by atoms with van der Waals surface area (Å²) in [5.74, 6) is 0.562. The molecular formula is C16H23NO2. The molecule has 1 N–H and O–H groups in total. The predicted octanol–water partition coefficient (Wildman–Crippen LogP) is 3.03. The highest BCUT2D eigenvalue weighted by molar-refractivity contribution is 5.84. The van der Waals surface area contributed by atoms with Gasteiger partial charge in [0.1, 0.15) is 5.75 Å². The Bertz CT molecular complexity index is 474. The SMILES string of the molecule is CN(Cc1ccc(O)cc1)C(=O)C1C(C)(C)C1(C)C. The summed E-state index contributed by atoms with van der Waals surface area (Å²) in [5, 5.41) is 9.25. The third-order valence-corrected chi connectivity index (χ3v) is 5.00. The van der Waals surface area contributed by atoms with E-state index in [-0.39, 0.29) is 28.4 Å². The van der Waals surface area contributed by atoms with Gasteiger partial charge in [0.25, 0.3) is 0 Å². The van der Waals surface area contributed by atoms with Crippen molar-refractivity contribution in [2.75, 3.05) is 7.05 Å². The molecule has 1 aromatic rings. The Morgan fingerprint density at radius 1 is 1.16 bits per heavy atom. The number of phenolic OH excluding ortho intramolecular Hbond substituents is 1. The second kappa shape index (κ2) is 4.26. The molecule has 0 aliphatic heterocycles. The number of benzene rings is 1. The van der Waals surface area contributed by atoms with Crippen molar-refractivity contribution in [1.29, 1.82) is 0 Å². The zero-order chi connectivity index (χ0) is 14.4. The number of nitrogens with zero attached hydrogens (tertiary/aromatic N) is 1. The molecule has 0 heterocycles. The quantitative estimate of drug-likeness (QED) is 0.908. The molecule has 1 amide bonds. The van der Waals surface area contributed by atoms with E-state index in [1.807, 2.05) is 19.2 Å². The fourth-order valence-corrected chi connectivity index (χ4v) is 2.99. The highest BCUT2D eigenvalue weighted by Gasteiger charge is 2.68. The Kier molecular flexibility index (Phi) is 3.12. The van der Waals surface area contributed by atoms with E-state index >= 15 is 0 Å². The van der Waals surface area contributed by atoms with Crippen molar-refractivity contribution in [3.63, 3.8) is 0 Å². The van der Waals surface area contributed by atoms with Gasteiger partial charge in [-0.3, -0.25) is 4.79 Å². The summed E-state index contributed by atoms with van der Waals surface area (Å²) in [7, 11) is 1.85. The predicted molar refractivity (Wildman–Crippen MR) is 75.6 cm³/mol. The minimum Gasteiger partial charge on any atom is -0.508 e. The smallest absolute Gasteiger partial charge is 0.226 e. The van der Waals surface area contributed by atoms with Gasteiger partial charge in [-0.25, -0.2) is 0 Å². The van der Waals surface area contributed by atoms with Crippen LogP contribution in [0.15, 0.2) is 24.3 Å². The lowest BCUT2D eigenvalue weighted by Crippen LogP contribution is -2.29. The highest BCUT2D eigenvalue weighted by atomic mass is 16.3. The summed E-state index contributed by atoms with van der Waals surface area (Å²) in [4.78, 5) is 14.3. The number of carbonyl (C=O) groups is 1. The fraction of sp³-hybridized carbons (Fsp3) is 0.562. The second-order valence-corrected chi connectivity index (χ2v) is 6.74. The minimum atomic E-state index is 0.0767. The average Bonchev–Trinajstić information content (AvgIpc) is 2.72. The Labute approximate surface area is 115 Å². The van der Waals surface area contributed by atoms with Crippen LogP contribution >= 0.6 is 0 Å².